The maximum atomic E-state index is 12.4. The first-order valence-corrected chi connectivity index (χ1v) is 6.65. The second-order valence-electron chi connectivity index (χ2n) is 4.53. The maximum absolute atomic E-state index is 12.4. The fourth-order valence-electron chi connectivity index (χ4n) is 2.45. The highest BCUT2D eigenvalue weighted by molar-refractivity contribution is 5.98. The first-order valence-electron chi connectivity index (χ1n) is 6.65. The molecule has 1 aliphatic rings. The van der Waals surface area contributed by atoms with Gasteiger partial charge in [-0.2, -0.15) is 0 Å². The van der Waals surface area contributed by atoms with Crippen molar-refractivity contribution in [2.24, 2.45) is 5.92 Å². The quantitative estimate of drug-likeness (QED) is 0.751. The Bertz CT molecular complexity index is 397. The van der Waals surface area contributed by atoms with E-state index >= 15 is 0 Å². The molecule has 2 rings (SSSR count). The van der Waals surface area contributed by atoms with Crippen LogP contribution in [0.1, 0.15) is 37.0 Å². The summed E-state index contributed by atoms with van der Waals surface area (Å²) in [6.07, 6.45) is 1.82. The number of hydrogen-bond acceptors (Lipinski definition) is 3. The van der Waals surface area contributed by atoms with E-state index in [9.17, 15) is 4.79 Å². The van der Waals surface area contributed by atoms with Crippen LogP contribution in [0, 0.1) is 5.92 Å². The predicted molar refractivity (Wildman–Crippen MR) is 70.1 cm³/mol. The van der Waals surface area contributed by atoms with Crippen molar-refractivity contribution < 1.29 is 14.3 Å². The third-order valence-electron chi connectivity index (χ3n) is 3.40. The number of ether oxygens (including phenoxy) is 2. The minimum absolute atomic E-state index is 0.0212. The monoisotopic (exact) mass is 248 g/mol. The lowest BCUT2D eigenvalue weighted by Crippen LogP contribution is -2.23. The Kier molecular flexibility index (Phi) is 4.37. The summed E-state index contributed by atoms with van der Waals surface area (Å²) in [7, 11) is 0. The minimum Gasteiger partial charge on any atom is -0.494 e. The molecule has 1 aromatic rings. The molecule has 0 saturated carbocycles. The molecule has 98 valence electrons. The van der Waals surface area contributed by atoms with E-state index in [1.807, 2.05) is 31.2 Å². The van der Waals surface area contributed by atoms with E-state index in [0.29, 0.717) is 13.2 Å². The number of ketones is 1. The molecule has 0 N–H and O–H groups in total. The normalized spacial score (nSPS) is 23.0. The summed E-state index contributed by atoms with van der Waals surface area (Å²) in [5, 5.41) is 0. The molecular formula is C15H20O3. The number of hydrogen-bond donors (Lipinski definition) is 0. The fraction of sp³-hybridized carbons (Fsp3) is 0.533. The van der Waals surface area contributed by atoms with Gasteiger partial charge in [0.25, 0.3) is 0 Å². The molecule has 1 saturated heterocycles. The molecule has 18 heavy (non-hydrogen) atoms. The summed E-state index contributed by atoms with van der Waals surface area (Å²) < 4.78 is 10.9. The van der Waals surface area contributed by atoms with Crippen LogP contribution in [-0.4, -0.2) is 25.1 Å². The largest absolute Gasteiger partial charge is 0.494 e. The Morgan fingerprint density at radius 1 is 1.33 bits per heavy atom. The van der Waals surface area contributed by atoms with Crippen molar-refractivity contribution in [3.8, 4) is 5.75 Å². The van der Waals surface area contributed by atoms with Crippen molar-refractivity contribution in [1.82, 2.24) is 0 Å². The number of benzene rings is 1. The molecule has 0 amide bonds. The molecule has 3 nitrogen and oxygen atoms in total. The summed E-state index contributed by atoms with van der Waals surface area (Å²) in [4.78, 5) is 12.4. The second-order valence-corrected chi connectivity index (χ2v) is 4.53. The van der Waals surface area contributed by atoms with Gasteiger partial charge >= 0.3 is 0 Å². The molecule has 2 unspecified atom stereocenters. The van der Waals surface area contributed by atoms with Crippen LogP contribution in [0.3, 0.4) is 0 Å². The molecule has 0 bridgehead atoms. The lowest BCUT2D eigenvalue weighted by molar-refractivity contribution is 0.0689. The Balaban J connectivity index is 2.08. The average Bonchev–Trinajstić information content (AvgIpc) is 2.87. The number of carbonyl (C=O) groups excluding carboxylic acids is 1. The van der Waals surface area contributed by atoms with Crippen LogP contribution < -0.4 is 4.74 Å². The van der Waals surface area contributed by atoms with Crippen LogP contribution >= 0.6 is 0 Å². The molecule has 0 aromatic heterocycles. The van der Waals surface area contributed by atoms with E-state index in [1.165, 1.54) is 0 Å². The molecule has 1 aliphatic heterocycles. The summed E-state index contributed by atoms with van der Waals surface area (Å²) in [5.74, 6) is 1.03. The van der Waals surface area contributed by atoms with Crippen LogP contribution in [0.4, 0.5) is 0 Å². The van der Waals surface area contributed by atoms with Crippen LogP contribution in [0.15, 0.2) is 24.3 Å². The van der Waals surface area contributed by atoms with Crippen molar-refractivity contribution in [3.05, 3.63) is 29.8 Å². The third kappa shape index (κ3) is 2.72. The number of rotatable bonds is 5. The van der Waals surface area contributed by atoms with Gasteiger partial charge in [-0.1, -0.05) is 6.92 Å². The number of Topliss-reactive ketones (excluding diaryl/α,β-unsaturated/α-hetero) is 1. The zero-order valence-electron chi connectivity index (χ0n) is 11.0. The zero-order chi connectivity index (χ0) is 13.0. The molecule has 1 aromatic carbocycles. The Morgan fingerprint density at radius 2 is 2.06 bits per heavy atom. The molecule has 2 atom stereocenters. The lowest BCUT2D eigenvalue weighted by Gasteiger charge is -2.15. The molecule has 0 aliphatic carbocycles. The van der Waals surface area contributed by atoms with Gasteiger partial charge in [-0.3, -0.25) is 4.79 Å². The molecule has 1 fully saturated rings. The van der Waals surface area contributed by atoms with E-state index < -0.39 is 0 Å². The van der Waals surface area contributed by atoms with Crippen molar-refractivity contribution in [2.45, 2.75) is 32.8 Å². The van der Waals surface area contributed by atoms with Gasteiger partial charge in [0.15, 0.2) is 5.78 Å². The smallest absolute Gasteiger partial charge is 0.168 e. The molecule has 0 spiro atoms. The first-order chi connectivity index (χ1) is 8.76. The summed E-state index contributed by atoms with van der Waals surface area (Å²) in [6, 6.07) is 7.40. The molecule has 3 heteroatoms. The minimum atomic E-state index is 0.0212. The van der Waals surface area contributed by atoms with Gasteiger partial charge in [-0.25, -0.2) is 0 Å². The summed E-state index contributed by atoms with van der Waals surface area (Å²) in [5.41, 5.74) is 0.757. The van der Waals surface area contributed by atoms with Crippen molar-refractivity contribution in [2.75, 3.05) is 13.2 Å². The van der Waals surface area contributed by atoms with E-state index in [4.69, 9.17) is 9.47 Å². The van der Waals surface area contributed by atoms with Crippen LogP contribution in [0.5, 0.6) is 5.75 Å². The molecule has 1 heterocycles. The van der Waals surface area contributed by atoms with Gasteiger partial charge in [-0.15, -0.1) is 0 Å². The van der Waals surface area contributed by atoms with Crippen molar-refractivity contribution in [3.63, 3.8) is 0 Å². The van der Waals surface area contributed by atoms with Gasteiger partial charge in [0.05, 0.1) is 18.6 Å². The van der Waals surface area contributed by atoms with Crippen molar-refractivity contribution in [1.29, 1.82) is 0 Å². The summed E-state index contributed by atoms with van der Waals surface area (Å²) in [6.45, 7) is 5.35. The maximum Gasteiger partial charge on any atom is 0.168 e. The third-order valence-corrected chi connectivity index (χ3v) is 3.40. The van der Waals surface area contributed by atoms with Crippen molar-refractivity contribution >= 4 is 5.78 Å². The Hall–Kier alpha value is -1.35. The Morgan fingerprint density at radius 3 is 2.67 bits per heavy atom. The van der Waals surface area contributed by atoms with Gasteiger partial charge in [-0.05, 0) is 44.0 Å². The SMILES string of the molecule is CCOc1ccc(C(=O)C2CCOC2CC)cc1. The highest BCUT2D eigenvalue weighted by Gasteiger charge is 2.33. The topological polar surface area (TPSA) is 35.5 Å². The van der Waals surface area contributed by atoms with Crippen LogP contribution in [0.25, 0.3) is 0 Å². The fourth-order valence-corrected chi connectivity index (χ4v) is 2.45. The lowest BCUT2D eigenvalue weighted by atomic mass is 9.90. The Labute approximate surface area is 108 Å². The average molecular weight is 248 g/mol. The van der Waals surface area contributed by atoms with Gasteiger partial charge in [0.2, 0.25) is 0 Å². The predicted octanol–water partition coefficient (Wildman–Crippen LogP) is 3.08. The standard InChI is InChI=1S/C15H20O3/c1-3-14-13(9-10-18-14)15(16)11-5-7-12(8-6-11)17-4-2/h5-8,13-14H,3-4,9-10H2,1-2H3. The molecular weight excluding hydrogens is 228 g/mol. The van der Waals surface area contributed by atoms with E-state index in [1.54, 1.807) is 0 Å². The van der Waals surface area contributed by atoms with E-state index in [2.05, 4.69) is 6.92 Å². The highest BCUT2D eigenvalue weighted by atomic mass is 16.5. The highest BCUT2D eigenvalue weighted by Crippen LogP contribution is 2.27. The van der Waals surface area contributed by atoms with Gasteiger partial charge in [0, 0.05) is 12.2 Å². The van der Waals surface area contributed by atoms with Gasteiger partial charge < -0.3 is 9.47 Å². The summed E-state index contributed by atoms with van der Waals surface area (Å²) >= 11 is 0. The molecule has 0 radical (unpaired) electrons. The van der Waals surface area contributed by atoms with E-state index in [0.717, 1.165) is 24.2 Å². The number of carbonyl (C=O) groups is 1. The van der Waals surface area contributed by atoms with Crippen LogP contribution in [-0.2, 0) is 4.74 Å². The van der Waals surface area contributed by atoms with E-state index in [-0.39, 0.29) is 17.8 Å². The zero-order valence-corrected chi connectivity index (χ0v) is 11.0. The van der Waals surface area contributed by atoms with Gasteiger partial charge in [0.1, 0.15) is 5.75 Å². The first kappa shape index (κ1) is 13.1. The second kappa shape index (κ2) is 6.01. The van der Waals surface area contributed by atoms with Crippen LogP contribution in [0.2, 0.25) is 0 Å².